The number of carbonyl (C=O) groups is 1. The molecule has 1 aliphatic heterocycles. The summed E-state index contributed by atoms with van der Waals surface area (Å²) in [7, 11) is 1.64. The summed E-state index contributed by atoms with van der Waals surface area (Å²) in [4.78, 5) is 13.5. The molecule has 0 aromatic heterocycles. The first kappa shape index (κ1) is 20.9. The zero-order chi connectivity index (χ0) is 22.2. The fraction of sp³-hybridized carbons (Fsp3) is 0.192. The van der Waals surface area contributed by atoms with E-state index in [9.17, 15) is 4.79 Å². The van der Waals surface area contributed by atoms with Gasteiger partial charge in [0.05, 0.1) is 24.5 Å². The molecule has 162 valence electrons. The molecule has 0 saturated carbocycles. The van der Waals surface area contributed by atoms with Crippen LogP contribution >= 0.6 is 23.2 Å². The number of fused-ring (bicyclic) bond motifs is 1. The molecule has 0 fully saturated rings. The number of ether oxygens (including phenoxy) is 1. The Morgan fingerprint density at radius 3 is 2.25 bits per heavy atom. The molecule has 0 saturated heterocycles. The van der Waals surface area contributed by atoms with Crippen molar-refractivity contribution in [2.24, 2.45) is 0 Å². The Bertz CT molecular complexity index is 1200. The fourth-order valence-electron chi connectivity index (χ4n) is 4.54. The Morgan fingerprint density at radius 1 is 0.844 bits per heavy atom. The van der Waals surface area contributed by atoms with E-state index in [1.807, 2.05) is 66.7 Å². The Morgan fingerprint density at radius 2 is 1.53 bits per heavy atom. The number of hydrogen-bond donors (Lipinski definition) is 2. The van der Waals surface area contributed by atoms with Crippen molar-refractivity contribution in [1.29, 1.82) is 0 Å². The van der Waals surface area contributed by atoms with E-state index in [-0.39, 0.29) is 17.7 Å². The Hall–Kier alpha value is -2.95. The van der Waals surface area contributed by atoms with Gasteiger partial charge in [0, 0.05) is 27.7 Å². The number of halogens is 2. The van der Waals surface area contributed by atoms with Crippen molar-refractivity contribution in [3.8, 4) is 5.75 Å². The van der Waals surface area contributed by atoms with Gasteiger partial charge in [-0.3, -0.25) is 4.79 Å². The van der Waals surface area contributed by atoms with Gasteiger partial charge < -0.3 is 15.4 Å². The van der Waals surface area contributed by atoms with E-state index in [2.05, 4.69) is 10.6 Å². The van der Waals surface area contributed by atoms with Gasteiger partial charge >= 0.3 is 0 Å². The van der Waals surface area contributed by atoms with E-state index in [0.29, 0.717) is 16.5 Å². The number of allylic oxidation sites excluding steroid dienone is 1. The molecule has 2 aliphatic rings. The van der Waals surface area contributed by atoms with E-state index in [0.717, 1.165) is 45.9 Å². The number of anilines is 2. The highest BCUT2D eigenvalue weighted by atomic mass is 35.5. The van der Waals surface area contributed by atoms with Crippen LogP contribution in [0.4, 0.5) is 11.4 Å². The largest absolute Gasteiger partial charge is 0.497 e. The number of rotatable bonds is 3. The second kappa shape index (κ2) is 8.53. The first-order valence-electron chi connectivity index (χ1n) is 10.5. The van der Waals surface area contributed by atoms with Crippen LogP contribution in [0.3, 0.4) is 0 Å². The lowest BCUT2D eigenvalue weighted by Gasteiger charge is -2.30. The van der Waals surface area contributed by atoms with Gasteiger partial charge in [0.2, 0.25) is 0 Å². The third-order valence-electron chi connectivity index (χ3n) is 6.15. The maximum Gasteiger partial charge on any atom is 0.163 e. The lowest BCUT2D eigenvalue weighted by atomic mass is 9.78. The zero-order valence-corrected chi connectivity index (χ0v) is 19.0. The molecule has 32 heavy (non-hydrogen) atoms. The van der Waals surface area contributed by atoms with Gasteiger partial charge in [-0.25, -0.2) is 0 Å². The summed E-state index contributed by atoms with van der Waals surface area (Å²) in [6, 6.07) is 21.0. The monoisotopic (exact) mass is 464 g/mol. The standard InChI is InChI=1S/C26H22Cl2N2O2/c1-32-20-9-4-16(5-10-20)26-25-23(29-22-14-19(28)8-11-21(22)30-26)12-17(13-24(25)31)15-2-6-18(27)7-3-15/h2-11,14,17,26,29-30H,12-13H2,1H3/t17-,26-/m1/s1. The van der Waals surface area contributed by atoms with Crippen LogP contribution in [-0.4, -0.2) is 12.9 Å². The van der Waals surface area contributed by atoms with Crippen LogP contribution in [0.5, 0.6) is 5.75 Å². The molecule has 3 aromatic carbocycles. The topological polar surface area (TPSA) is 50.4 Å². The number of methoxy groups -OCH3 is 1. The van der Waals surface area contributed by atoms with Gasteiger partial charge in [0.1, 0.15) is 5.75 Å². The molecule has 4 nitrogen and oxygen atoms in total. The number of hydrogen-bond acceptors (Lipinski definition) is 4. The van der Waals surface area contributed by atoms with Crippen molar-refractivity contribution in [3.63, 3.8) is 0 Å². The molecule has 0 bridgehead atoms. The number of carbonyl (C=O) groups excluding carboxylic acids is 1. The van der Waals surface area contributed by atoms with Crippen molar-refractivity contribution in [1.82, 2.24) is 0 Å². The molecule has 2 atom stereocenters. The van der Waals surface area contributed by atoms with Crippen molar-refractivity contribution in [2.75, 3.05) is 17.7 Å². The van der Waals surface area contributed by atoms with Crippen molar-refractivity contribution in [3.05, 3.63) is 99.2 Å². The van der Waals surface area contributed by atoms with Gasteiger partial charge in [0.25, 0.3) is 0 Å². The number of benzene rings is 3. The summed E-state index contributed by atoms with van der Waals surface area (Å²) in [5.74, 6) is 0.994. The maximum atomic E-state index is 13.5. The van der Waals surface area contributed by atoms with E-state index in [1.54, 1.807) is 7.11 Å². The van der Waals surface area contributed by atoms with Crippen LogP contribution in [0.1, 0.15) is 35.9 Å². The van der Waals surface area contributed by atoms with E-state index >= 15 is 0 Å². The highest BCUT2D eigenvalue weighted by Gasteiger charge is 2.36. The zero-order valence-electron chi connectivity index (χ0n) is 17.5. The van der Waals surface area contributed by atoms with Gasteiger partial charge in [-0.1, -0.05) is 47.5 Å². The van der Waals surface area contributed by atoms with Gasteiger partial charge in [0.15, 0.2) is 5.78 Å². The first-order chi connectivity index (χ1) is 15.5. The minimum absolute atomic E-state index is 0.0864. The predicted octanol–water partition coefficient (Wildman–Crippen LogP) is 6.98. The molecular weight excluding hydrogens is 443 g/mol. The van der Waals surface area contributed by atoms with E-state index in [4.69, 9.17) is 27.9 Å². The molecule has 2 N–H and O–H groups in total. The summed E-state index contributed by atoms with van der Waals surface area (Å²) in [5, 5.41) is 8.43. The van der Waals surface area contributed by atoms with E-state index in [1.165, 1.54) is 0 Å². The lowest BCUT2D eigenvalue weighted by molar-refractivity contribution is -0.116. The van der Waals surface area contributed by atoms with Gasteiger partial charge in [-0.15, -0.1) is 0 Å². The first-order valence-corrected chi connectivity index (χ1v) is 11.3. The minimum atomic E-state index is -0.274. The van der Waals surface area contributed by atoms with E-state index < -0.39 is 0 Å². The maximum absolute atomic E-state index is 13.5. The third-order valence-corrected chi connectivity index (χ3v) is 6.64. The molecule has 6 heteroatoms. The average Bonchev–Trinajstić information content (AvgIpc) is 2.96. The average molecular weight is 465 g/mol. The predicted molar refractivity (Wildman–Crippen MR) is 130 cm³/mol. The Labute approximate surface area is 197 Å². The number of Topliss-reactive ketones (excluding diaryl/α,β-unsaturated/α-hetero) is 1. The second-order valence-corrected chi connectivity index (χ2v) is 9.01. The minimum Gasteiger partial charge on any atom is -0.497 e. The second-order valence-electron chi connectivity index (χ2n) is 8.14. The summed E-state index contributed by atoms with van der Waals surface area (Å²) in [5.41, 5.74) is 5.58. The van der Waals surface area contributed by atoms with Gasteiger partial charge in [-0.05, 0) is 65.9 Å². The molecule has 1 heterocycles. The highest BCUT2D eigenvalue weighted by Crippen LogP contribution is 2.45. The van der Waals surface area contributed by atoms with Crippen molar-refractivity contribution in [2.45, 2.75) is 24.8 Å². The smallest absolute Gasteiger partial charge is 0.163 e. The summed E-state index contributed by atoms with van der Waals surface area (Å²) < 4.78 is 5.31. The van der Waals surface area contributed by atoms with Crippen molar-refractivity contribution < 1.29 is 9.53 Å². The Balaban J connectivity index is 1.60. The molecule has 1 aliphatic carbocycles. The summed E-state index contributed by atoms with van der Waals surface area (Å²) in [6.45, 7) is 0. The summed E-state index contributed by atoms with van der Waals surface area (Å²) >= 11 is 12.4. The molecule has 0 spiro atoms. The summed E-state index contributed by atoms with van der Waals surface area (Å²) in [6.07, 6.45) is 1.18. The van der Waals surface area contributed by atoms with Crippen molar-refractivity contribution >= 4 is 40.4 Å². The quantitative estimate of drug-likeness (QED) is 0.438. The molecule has 0 unspecified atom stereocenters. The van der Waals surface area contributed by atoms with Gasteiger partial charge in [-0.2, -0.15) is 0 Å². The van der Waals surface area contributed by atoms with Crippen LogP contribution < -0.4 is 15.4 Å². The molecule has 5 rings (SSSR count). The van der Waals surface area contributed by atoms with Crippen LogP contribution in [0, 0.1) is 0 Å². The van der Waals surface area contributed by atoms with Crippen LogP contribution in [0.25, 0.3) is 0 Å². The van der Waals surface area contributed by atoms with Crippen LogP contribution in [-0.2, 0) is 4.79 Å². The van der Waals surface area contributed by atoms with Crippen LogP contribution in [0.15, 0.2) is 78.0 Å². The number of nitrogens with one attached hydrogen (secondary N) is 2. The molecular formula is C26H22Cl2N2O2. The lowest BCUT2D eigenvalue weighted by Crippen LogP contribution is -2.26. The van der Waals surface area contributed by atoms with Crippen LogP contribution in [0.2, 0.25) is 10.0 Å². The molecule has 3 aromatic rings. The normalized spacial score (nSPS) is 19.9. The SMILES string of the molecule is COc1ccc([C@H]2Nc3ccc(Cl)cc3NC3=C2C(=O)C[C@H](c2ccc(Cl)cc2)C3)cc1. The highest BCUT2D eigenvalue weighted by molar-refractivity contribution is 6.31. The molecule has 0 radical (unpaired) electrons. The number of ketones is 1. The molecule has 0 amide bonds. The Kier molecular flexibility index (Phi) is 5.58. The third kappa shape index (κ3) is 3.96. The fourth-order valence-corrected chi connectivity index (χ4v) is 4.84.